The highest BCUT2D eigenvalue weighted by molar-refractivity contribution is 5.95. The standard InChI is InChI=1S/C21H27N3O2/c1-15-9-18(20(25)24-8-6-21(3,13-22)14-24)10-16(2)19(15)26-12-17-5-4-7-23-11-17/h4-5,7,9-11H,6,8,12-14,22H2,1-3H3. The summed E-state index contributed by atoms with van der Waals surface area (Å²) in [7, 11) is 0. The van der Waals surface area contributed by atoms with Gasteiger partial charge in [-0.15, -0.1) is 0 Å². The first-order valence-corrected chi connectivity index (χ1v) is 9.04. The van der Waals surface area contributed by atoms with E-state index in [-0.39, 0.29) is 11.3 Å². The van der Waals surface area contributed by atoms with E-state index in [9.17, 15) is 4.79 Å². The van der Waals surface area contributed by atoms with Crippen molar-refractivity contribution in [3.8, 4) is 5.75 Å². The largest absolute Gasteiger partial charge is 0.488 e. The smallest absolute Gasteiger partial charge is 0.253 e. The highest BCUT2D eigenvalue weighted by Crippen LogP contribution is 2.31. The van der Waals surface area contributed by atoms with E-state index in [0.717, 1.165) is 47.5 Å². The van der Waals surface area contributed by atoms with E-state index in [0.29, 0.717) is 13.2 Å². The molecule has 0 radical (unpaired) electrons. The number of carbonyl (C=O) groups is 1. The van der Waals surface area contributed by atoms with Gasteiger partial charge in [0, 0.05) is 36.6 Å². The van der Waals surface area contributed by atoms with Gasteiger partial charge in [-0.1, -0.05) is 13.0 Å². The molecule has 0 spiro atoms. The Morgan fingerprint density at radius 3 is 2.65 bits per heavy atom. The van der Waals surface area contributed by atoms with E-state index in [1.807, 2.05) is 43.0 Å². The molecule has 1 aliphatic rings. The SMILES string of the molecule is Cc1cc(C(=O)N2CCC(C)(CN)C2)cc(C)c1OCc1cccnc1. The van der Waals surface area contributed by atoms with Crippen LogP contribution in [0.2, 0.25) is 0 Å². The Balaban J connectivity index is 1.73. The molecule has 0 bridgehead atoms. The molecule has 2 aromatic rings. The number of carbonyl (C=O) groups excluding carboxylic acids is 1. The fraction of sp³-hybridized carbons (Fsp3) is 0.429. The van der Waals surface area contributed by atoms with Gasteiger partial charge in [0.05, 0.1) is 0 Å². The van der Waals surface area contributed by atoms with E-state index in [2.05, 4.69) is 11.9 Å². The average Bonchev–Trinajstić information content (AvgIpc) is 3.04. The van der Waals surface area contributed by atoms with Crippen molar-refractivity contribution in [3.05, 3.63) is 58.9 Å². The Morgan fingerprint density at radius 2 is 2.08 bits per heavy atom. The molecule has 1 fully saturated rings. The maximum atomic E-state index is 12.9. The van der Waals surface area contributed by atoms with Gasteiger partial charge in [-0.2, -0.15) is 0 Å². The summed E-state index contributed by atoms with van der Waals surface area (Å²) in [6.07, 6.45) is 4.50. The summed E-state index contributed by atoms with van der Waals surface area (Å²) < 4.78 is 5.98. The number of hydrogen-bond donors (Lipinski definition) is 1. The third-order valence-corrected chi connectivity index (χ3v) is 5.15. The third kappa shape index (κ3) is 3.88. The molecule has 1 unspecified atom stereocenters. The number of likely N-dealkylation sites (tertiary alicyclic amines) is 1. The molecule has 1 amide bonds. The molecule has 26 heavy (non-hydrogen) atoms. The van der Waals surface area contributed by atoms with Gasteiger partial charge in [0.25, 0.3) is 5.91 Å². The quantitative estimate of drug-likeness (QED) is 0.897. The lowest BCUT2D eigenvalue weighted by molar-refractivity contribution is 0.0776. The number of nitrogens with two attached hydrogens (primary N) is 1. The monoisotopic (exact) mass is 353 g/mol. The van der Waals surface area contributed by atoms with Gasteiger partial charge < -0.3 is 15.4 Å². The molecule has 0 saturated carbocycles. The van der Waals surface area contributed by atoms with Gasteiger partial charge in [0.2, 0.25) is 0 Å². The molecule has 1 saturated heterocycles. The van der Waals surface area contributed by atoms with Crippen molar-refractivity contribution in [2.45, 2.75) is 33.8 Å². The maximum Gasteiger partial charge on any atom is 0.253 e. The van der Waals surface area contributed by atoms with Crippen LogP contribution in [-0.2, 0) is 6.61 Å². The van der Waals surface area contributed by atoms with E-state index in [1.165, 1.54) is 0 Å². The van der Waals surface area contributed by atoms with Crippen LogP contribution in [0.5, 0.6) is 5.75 Å². The highest BCUT2D eigenvalue weighted by atomic mass is 16.5. The third-order valence-electron chi connectivity index (χ3n) is 5.15. The second kappa shape index (κ2) is 7.46. The predicted molar refractivity (Wildman–Crippen MR) is 102 cm³/mol. The second-order valence-electron chi connectivity index (χ2n) is 7.58. The minimum absolute atomic E-state index is 0.0342. The number of amides is 1. The van der Waals surface area contributed by atoms with Crippen LogP contribution in [0.1, 0.15) is 40.4 Å². The van der Waals surface area contributed by atoms with Crippen LogP contribution in [0.15, 0.2) is 36.7 Å². The van der Waals surface area contributed by atoms with E-state index >= 15 is 0 Å². The zero-order valence-electron chi connectivity index (χ0n) is 15.8. The van der Waals surface area contributed by atoms with Crippen LogP contribution >= 0.6 is 0 Å². The lowest BCUT2D eigenvalue weighted by Gasteiger charge is -2.23. The number of rotatable bonds is 5. The summed E-state index contributed by atoms with van der Waals surface area (Å²) in [6, 6.07) is 7.72. The number of aromatic nitrogens is 1. The lowest BCUT2D eigenvalue weighted by Crippen LogP contribution is -2.34. The Labute approximate surface area is 155 Å². The Morgan fingerprint density at radius 1 is 1.35 bits per heavy atom. The second-order valence-corrected chi connectivity index (χ2v) is 7.58. The minimum Gasteiger partial charge on any atom is -0.488 e. The first kappa shape index (κ1) is 18.4. The molecular formula is C21H27N3O2. The van der Waals surface area contributed by atoms with Crippen LogP contribution in [0.4, 0.5) is 0 Å². The van der Waals surface area contributed by atoms with Crippen LogP contribution < -0.4 is 10.5 Å². The topological polar surface area (TPSA) is 68.5 Å². The number of benzene rings is 1. The zero-order valence-corrected chi connectivity index (χ0v) is 15.8. The van der Waals surface area contributed by atoms with Gasteiger partial charge in [0.1, 0.15) is 12.4 Å². The molecule has 0 aliphatic carbocycles. The number of pyridine rings is 1. The highest BCUT2D eigenvalue weighted by Gasteiger charge is 2.35. The van der Waals surface area contributed by atoms with E-state index < -0.39 is 0 Å². The fourth-order valence-electron chi connectivity index (χ4n) is 3.49. The lowest BCUT2D eigenvalue weighted by atomic mass is 9.90. The summed E-state index contributed by atoms with van der Waals surface area (Å²) in [5, 5.41) is 0. The summed E-state index contributed by atoms with van der Waals surface area (Å²) in [4.78, 5) is 18.9. The molecule has 138 valence electrons. The van der Waals surface area contributed by atoms with E-state index in [1.54, 1.807) is 12.4 Å². The van der Waals surface area contributed by atoms with Gasteiger partial charge in [-0.3, -0.25) is 9.78 Å². The number of hydrogen-bond acceptors (Lipinski definition) is 4. The first-order valence-electron chi connectivity index (χ1n) is 9.04. The Bertz CT molecular complexity index is 768. The molecule has 2 N–H and O–H groups in total. The maximum absolute atomic E-state index is 12.9. The predicted octanol–water partition coefficient (Wildman–Crippen LogP) is 3.09. The summed E-state index contributed by atoms with van der Waals surface area (Å²) in [6.45, 7) is 8.67. The van der Waals surface area contributed by atoms with Crippen LogP contribution in [-0.4, -0.2) is 35.4 Å². The summed E-state index contributed by atoms with van der Waals surface area (Å²) in [5.74, 6) is 0.908. The van der Waals surface area contributed by atoms with Crippen molar-refractivity contribution < 1.29 is 9.53 Å². The van der Waals surface area contributed by atoms with Crippen molar-refractivity contribution >= 4 is 5.91 Å². The zero-order chi connectivity index (χ0) is 18.7. The van der Waals surface area contributed by atoms with Crippen molar-refractivity contribution in [2.75, 3.05) is 19.6 Å². The molecule has 1 aromatic carbocycles. The number of nitrogens with zero attached hydrogens (tertiary/aromatic N) is 2. The number of ether oxygens (including phenoxy) is 1. The molecule has 3 rings (SSSR count). The van der Waals surface area contributed by atoms with Crippen LogP contribution in [0, 0.1) is 19.3 Å². The molecular weight excluding hydrogens is 326 g/mol. The first-order chi connectivity index (χ1) is 12.4. The molecule has 2 heterocycles. The summed E-state index contributed by atoms with van der Waals surface area (Å²) in [5.41, 5.74) is 9.57. The molecule has 5 nitrogen and oxygen atoms in total. The van der Waals surface area contributed by atoms with Crippen molar-refractivity contribution in [1.82, 2.24) is 9.88 Å². The average molecular weight is 353 g/mol. The molecule has 5 heteroatoms. The van der Waals surface area contributed by atoms with Crippen molar-refractivity contribution in [3.63, 3.8) is 0 Å². The van der Waals surface area contributed by atoms with Gasteiger partial charge in [-0.25, -0.2) is 0 Å². The normalized spacial score (nSPS) is 19.6. The molecule has 1 aliphatic heterocycles. The van der Waals surface area contributed by atoms with E-state index in [4.69, 9.17) is 10.5 Å². The van der Waals surface area contributed by atoms with Crippen LogP contribution in [0.3, 0.4) is 0 Å². The minimum atomic E-state index is 0.0342. The van der Waals surface area contributed by atoms with Crippen molar-refractivity contribution in [2.24, 2.45) is 11.1 Å². The fourth-order valence-corrected chi connectivity index (χ4v) is 3.49. The molecule has 1 aromatic heterocycles. The Kier molecular flexibility index (Phi) is 5.28. The van der Waals surface area contributed by atoms with Gasteiger partial charge in [0.15, 0.2) is 0 Å². The van der Waals surface area contributed by atoms with Gasteiger partial charge in [-0.05, 0) is 61.6 Å². The van der Waals surface area contributed by atoms with Gasteiger partial charge >= 0.3 is 0 Å². The summed E-state index contributed by atoms with van der Waals surface area (Å²) >= 11 is 0. The number of aryl methyl sites for hydroxylation is 2. The van der Waals surface area contributed by atoms with Crippen LogP contribution in [0.25, 0.3) is 0 Å². The Hall–Kier alpha value is -2.40. The van der Waals surface area contributed by atoms with Crippen molar-refractivity contribution in [1.29, 1.82) is 0 Å². The molecule has 1 atom stereocenters.